The molecule has 0 aromatic heterocycles. The zero-order valence-corrected chi connectivity index (χ0v) is 25.4. The second kappa shape index (κ2) is 19.3. The molecule has 14 nitrogen and oxygen atoms in total. The zero-order chi connectivity index (χ0) is 33.1. The van der Waals surface area contributed by atoms with E-state index >= 15 is 0 Å². The van der Waals surface area contributed by atoms with Crippen molar-refractivity contribution in [2.45, 2.75) is 6.61 Å². The summed E-state index contributed by atoms with van der Waals surface area (Å²) >= 11 is 0. The van der Waals surface area contributed by atoms with Crippen LogP contribution < -0.4 is 47.4 Å². The number of esters is 1. The molecule has 0 aliphatic rings. The zero-order valence-electron chi connectivity index (χ0n) is 25.4. The molecule has 14 heteroatoms. The third-order valence-electron chi connectivity index (χ3n) is 6.08. The van der Waals surface area contributed by atoms with Gasteiger partial charge in [-0.05, 0) is 47.0 Å². The van der Waals surface area contributed by atoms with Crippen LogP contribution in [-0.4, -0.2) is 82.8 Å². The number of benzene rings is 3. The van der Waals surface area contributed by atoms with E-state index in [-0.39, 0.29) is 100 Å². The molecule has 3 aromatic rings. The van der Waals surface area contributed by atoms with Crippen molar-refractivity contribution >= 4 is 23.7 Å². The second-order valence-corrected chi connectivity index (χ2v) is 9.78. The van der Waals surface area contributed by atoms with Crippen molar-refractivity contribution < 1.29 is 38.1 Å². The van der Waals surface area contributed by atoms with Crippen LogP contribution in [0.4, 0.5) is 0 Å². The molecular weight excluding hydrogens is 596 g/mol. The fourth-order valence-corrected chi connectivity index (χ4v) is 3.91. The molecule has 0 spiro atoms. The third-order valence-corrected chi connectivity index (χ3v) is 6.08. The Bertz CT molecular complexity index is 1410. The number of nitrogens with one attached hydrogen (secondary N) is 3. The first-order chi connectivity index (χ1) is 22.3. The largest absolute Gasteiger partial charge is 0.484 e. The monoisotopic (exact) mass is 636 g/mol. The molecule has 3 rings (SSSR count). The molecule has 0 unspecified atom stereocenters. The number of carbonyl (C=O) groups excluding carboxylic acids is 4. The molecular formula is C32H40N6O8. The highest BCUT2D eigenvalue weighted by Crippen LogP contribution is 2.33. The maximum Gasteiger partial charge on any atom is 0.338 e. The Hall–Kier alpha value is -5.18. The van der Waals surface area contributed by atoms with E-state index in [1.807, 2.05) is 30.3 Å². The Morgan fingerprint density at radius 3 is 1.46 bits per heavy atom. The number of rotatable bonds is 19. The minimum Gasteiger partial charge on any atom is -0.484 e. The van der Waals surface area contributed by atoms with Crippen LogP contribution in [0.15, 0.2) is 66.7 Å². The maximum atomic E-state index is 13.2. The fraction of sp³-hybridized carbons (Fsp3) is 0.312. The molecule has 0 saturated carbocycles. The molecule has 3 aromatic carbocycles. The van der Waals surface area contributed by atoms with Gasteiger partial charge in [0.2, 0.25) is 0 Å². The van der Waals surface area contributed by atoms with Crippen molar-refractivity contribution in [3.8, 4) is 28.4 Å². The Balaban J connectivity index is 1.94. The van der Waals surface area contributed by atoms with Gasteiger partial charge >= 0.3 is 5.97 Å². The van der Waals surface area contributed by atoms with Crippen molar-refractivity contribution in [2.75, 3.05) is 59.1 Å². The molecule has 0 bridgehead atoms. The number of ether oxygens (including phenoxy) is 4. The van der Waals surface area contributed by atoms with E-state index in [1.165, 1.54) is 12.1 Å². The first-order valence-corrected chi connectivity index (χ1v) is 14.6. The first kappa shape index (κ1) is 35.3. The van der Waals surface area contributed by atoms with Gasteiger partial charge in [0, 0.05) is 45.3 Å². The van der Waals surface area contributed by atoms with Crippen LogP contribution in [0.5, 0.6) is 17.2 Å². The molecule has 0 fully saturated rings. The average molecular weight is 637 g/mol. The Labute approximate surface area is 266 Å². The number of hydrogen-bond acceptors (Lipinski definition) is 11. The van der Waals surface area contributed by atoms with E-state index in [0.717, 1.165) is 5.56 Å². The van der Waals surface area contributed by atoms with Gasteiger partial charge in [-0.15, -0.1) is 0 Å². The van der Waals surface area contributed by atoms with Crippen LogP contribution >= 0.6 is 0 Å². The minimum absolute atomic E-state index is 0.0430. The van der Waals surface area contributed by atoms with Gasteiger partial charge in [0.1, 0.15) is 23.9 Å². The molecule has 3 amide bonds. The fourth-order valence-electron chi connectivity index (χ4n) is 3.91. The predicted molar refractivity (Wildman–Crippen MR) is 170 cm³/mol. The van der Waals surface area contributed by atoms with Crippen LogP contribution in [0, 0.1) is 0 Å². The van der Waals surface area contributed by atoms with Crippen molar-refractivity contribution in [1.29, 1.82) is 0 Å². The Morgan fingerprint density at radius 2 is 1.00 bits per heavy atom. The maximum absolute atomic E-state index is 13.2. The topological polar surface area (TPSA) is 219 Å². The Morgan fingerprint density at radius 1 is 0.565 bits per heavy atom. The number of nitrogens with two attached hydrogens (primary N) is 3. The summed E-state index contributed by atoms with van der Waals surface area (Å²) in [6.45, 7) is 0.771. The SMILES string of the molecule is NCCNC(=O)COc1cc(OCC(=O)NCCN)cc(-c2cc(OCC(=O)NCCN)cc(C(=O)OCc3ccccc3)c2)c1. The first-order valence-electron chi connectivity index (χ1n) is 14.6. The lowest BCUT2D eigenvalue weighted by Gasteiger charge is -2.15. The van der Waals surface area contributed by atoms with Crippen molar-refractivity contribution in [2.24, 2.45) is 17.2 Å². The lowest BCUT2D eigenvalue weighted by molar-refractivity contribution is -0.123. The van der Waals surface area contributed by atoms with E-state index < -0.39 is 11.9 Å². The van der Waals surface area contributed by atoms with E-state index in [0.29, 0.717) is 11.1 Å². The van der Waals surface area contributed by atoms with Gasteiger partial charge < -0.3 is 52.1 Å². The van der Waals surface area contributed by atoms with Gasteiger partial charge in [-0.2, -0.15) is 0 Å². The molecule has 246 valence electrons. The van der Waals surface area contributed by atoms with Gasteiger partial charge in [0.15, 0.2) is 19.8 Å². The summed E-state index contributed by atoms with van der Waals surface area (Å²) in [4.78, 5) is 49.7. The summed E-state index contributed by atoms with van der Waals surface area (Å²) < 4.78 is 22.7. The van der Waals surface area contributed by atoms with Crippen molar-refractivity contribution in [3.63, 3.8) is 0 Å². The van der Waals surface area contributed by atoms with Gasteiger partial charge in [-0.25, -0.2) is 4.79 Å². The summed E-state index contributed by atoms with van der Waals surface area (Å²) in [5, 5.41) is 7.86. The molecule has 9 N–H and O–H groups in total. The highest BCUT2D eigenvalue weighted by Gasteiger charge is 2.16. The molecule has 0 aliphatic heterocycles. The summed E-state index contributed by atoms with van der Waals surface area (Å²) in [5.41, 5.74) is 18.3. The highest BCUT2D eigenvalue weighted by atomic mass is 16.5. The summed E-state index contributed by atoms with van der Waals surface area (Å²) in [7, 11) is 0. The lowest BCUT2D eigenvalue weighted by Crippen LogP contribution is -2.33. The Kier molecular flexibility index (Phi) is 14.8. The van der Waals surface area contributed by atoms with Crippen molar-refractivity contribution in [1.82, 2.24) is 16.0 Å². The van der Waals surface area contributed by atoms with Crippen molar-refractivity contribution in [3.05, 3.63) is 77.9 Å². The molecule has 0 heterocycles. The standard InChI is InChI=1S/C32H40N6O8/c33-6-9-36-29(39)19-43-26-13-23(12-25(16-26)32(42)46-18-22-4-2-1-3-5-22)24-14-27(44-20-30(40)37-10-7-34)17-28(15-24)45-21-31(41)38-11-8-35/h1-5,12-17H,6-11,18-21,33-35H2,(H,36,39)(H,37,40)(H,38,41). The van der Waals surface area contributed by atoms with E-state index in [4.69, 9.17) is 36.1 Å². The van der Waals surface area contributed by atoms with Crippen LogP contribution in [-0.2, 0) is 25.7 Å². The van der Waals surface area contributed by atoms with Gasteiger partial charge in [-0.1, -0.05) is 30.3 Å². The molecule has 0 radical (unpaired) electrons. The van der Waals surface area contributed by atoms with Crippen LogP contribution in [0.1, 0.15) is 15.9 Å². The number of carbonyl (C=O) groups is 4. The normalized spacial score (nSPS) is 10.4. The van der Waals surface area contributed by atoms with Gasteiger partial charge in [0.25, 0.3) is 17.7 Å². The highest BCUT2D eigenvalue weighted by molar-refractivity contribution is 5.92. The summed E-state index contributed by atoms with van der Waals surface area (Å²) in [6, 6.07) is 18.6. The molecule has 46 heavy (non-hydrogen) atoms. The van der Waals surface area contributed by atoms with Crippen LogP contribution in [0.3, 0.4) is 0 Å². The molecule has 0 atom stereocenters. The average Bonchev–Trinajstić information content (AvgIpc) is 3.08. The number of amides is 3. The summed E-state index contributed by atoms with van der Waals surface area (Å²) in [5.74, 6) is -1.08. The smallest absolute Gasteiger partial charge is 0.338 e. The molecule has 0 saturated heterocycles. The van der Waals surface area contributed by atoms with Crippen LogP contribution in [0.2, 0.25) is 0 Å². The van der Waals surface area contributed by atoms with E-state index in [9.17, 15) is 19.2 Å². The quantitative estimate of drug-likeness (QED) is 0.0967. The van der Waals surface area contributed by atoms with Gasteiger partial charge in [-0.3, -0.25) is 14.4 Å². The number of hydrogen-bond donors (Lipinski definition) is 6. The van der Waals surface area contributed by atoms with Gasteiger partial charge in [0.05, 0.1) is 5.56 Å². The van der Waals surface area contributed by atoms with Crippen LogP contribution in [0.25, 0.3) is 11.1 Å². The second-order valence-electron chi connectivity index (χ2n) is 9.78. The third kappa shape index (κ3) is 12.4. The van der Waals surface area contributed by atoms with E-state index in [2.05, 4.69) is 16.0 Å². The summed E-state index contributed by atoms with van der Waals surface area (Å²) in [6.07, 6.45) is 0. The predicted octanol–water partition coefficient (Wildman–Crippen LogP) is 0.0717. The lowest BCUT2D eigenvalue weighted by atomic mass is 10.0. The molecule has 0 aliphatic carbocycles. The minimum atomic E-state index is -0.625. The van der Waals surface area contributed by atoms with E-state index in [1.54, 1.807) is 24.3 Å².